The van der Waals surface area contributed by atoms with Gasteiger partial charge in [-0.1, -0.05) is 6.07 Å². The third kappa shape index (κ3) is 2.82. The van der Waals surface area contributed by atoms with E-state index in [9.17, 15) is 9.59 Å². The molecule has 3 aromatic heterocycles. The van der Waals surface area contributed by atoms with Crippen molar-refractivity contribution in [2.75, 3.05) is 6.54 Å². The van der Waals surface area contributed by atoms with Crippen LogP contribution < -0.4 is 5.56 Å². The van der Waals surface area contributed by atoms with Gasteiger partial charge in [-0.2, -0.15) is 0 Å². The van der Waals surface area contributed by atoms with E-state index in [1.165, 1.54) is 11.3 Å². The fourth-order valence-electron chi connectivity index (χ4n) is 3.68. The Hall–Kier alpha value is -2.54. The molecular formula is C19H20N4O2S. The van der Waals surface area contributed by atoms with Gasteiger partial charge in [0.15, 0.2) is 0 Å². The van der Waals surface area contributed by atoms with Crippen molar-refractivity contribution < 1.29 is 4.79 Å². The number of aromatic nitrogens is 3. The molecule has 1 aliphatic rings. The van der Waals surface area contributed by atoms with E-state index >= 15 is 0 Å². The van der Waals surface area contributed by atoms with Crippen molar-refractivity contribution in [1.82, 2.24) is 19.9 Å². The summed E-state index contributed by atoms with van der Waals surface area (Å²) in [6.07, 6.45) is 6.59. The van der Waals surface area contributed by atoms with Gasteiger partial charge in [0, 0.05) is 18.9 Å². The Bertz CT molecular complexity index is 1030. The number of amides is 1. The molecule has 4 heterocycles. The summed E-state index contributed by atoms with van der Waals surface area (Å²) in [7, 11) is 0. The first-order valence-corrected chi connectivity index (χ1v) is 9.59. The van der Waals surface area contributed by atoms with Crippen LogP contribution >= 0.6 is 11.3 Å². The zero-order valence-corrected chi connectivity index (χ0v) is 15.6. The number of likely N-dealkylation sites (tertiary alicyclic amines) is 1. The second-order valence-corrected chi connectivity index (χ2v) is 7.68. The van der Waals surface area contributed by atoms with Crippen molar-refractivity contribution in [3.05, 3.63) is 56.7 Å². The average Bonchev–Trinajstić information content (AvgIpc) is 2.98. The largest absolute Gasteiger partial charge is 0.331 e. The average molecular weight is 368 g/mol. The molecule has 0 saturated carbocycles. The summed E-state index contributed by atoms with van der Waals surface area (Å²) in [6, 6.07) is 3.96. The van der Waals surface area contributed by atoms with Gasteiger partial charge in [0.2, 0.25) is 0 Å². The molecule has 0 bridgehead atoms. The number of aryl methyl sites for hydroxylation is 2. The maximum atomic E-state index is 13.3. The van der Waals surface area contributed by atoms with E-state index in [0.29, 0.717) is 20.9 Å². The maximum Gasteiger partial charge on any atom is 0.264 e. The molecule has 7 heteroatoms. The van der Waals surface area contributed by atoms with E-state index in [-0.39, 0.29) is 17.5 Å². The topological polar surface area (TPSA) is 79.0 Å². The van der Waals surface area contributed by atoms with Crippen LogP contribution in [0.25, 0.3) is 10.2 Å². The van der Waals surface area contributed by atoms with E-state index in [2.05, 4.69) is 15.0 Å². The summed E-state index contributed by atoms with van der Waals surface area (Å²) in [5.74, 6) is 0.546. The van der Waals surface area contributed by atoms with E-state index < -0.39 is 0 Å². The van der Waals surface area contributed by atoms with Crippen molar-refractivity contribution >= 4 is 27.5 Å². The Morgan fingerprint density at radius 2 is 2.19 bits per heavy atom. The molecule has 0 aliphatic carbocycles. The van der Waals surface area contributed by atoms with Crippen LogP contribution in [0.5, 0.6) is 0 Å². The highest BCUT2D eigenvalue weighted by Gasteiger charge is 2.31. The first-order chi connectivity index (χ1) is 12.6. The van der Waals surface area contributed by atoms with E-state index in [4.69, 9.17) is 0 Å². The third-order valence-electron chi connectivity index (χ3n) is 4.95. The Kier molecular flexibility index (Phi) is 4.32. The van der Waals surface area contributed by atoms with Crippen LogP contribution in [0.2, 0.25) is 0 Å². The number of nitrogens with one attached hydrogen (secondary N) is 1. The first-order valence-electron chi connectivity index (χ1n) is 8.77. The number of carbonyl (C=O) groups is 1. The third-order valence-corrected chi connectivity index (χ3v) is 6.12. The standard InChI is InChI=1S/C19H20N4O2S/c1-11-15-17(24)21-12(2)22-18(15)26-16(11)19(25)23-9-4-3-7-14(23)13-6-5-8-20-10-13/h5-6,8,10,14H,3-4,7,9H2,1-2H3,(H,21,22,24)/t14-/m1/s1. The van der Waals surface area contributed by atoms with Crippen LogP contribution in [0.1, 0.15) is 51.9 Å². The van der Waals surface area contributed by atoms with Gasteiger partial charge in [-0.25, -0.2) is 4.98 Å². The number of nitrogens with zero attached hydrogens (tertiary/aromatic N) is 3. The fourth-order valence-corrected chi connectivity index (χ4v) is 4.86. The molecule has 1 aliphatic heterocycles. The molecule has 134 valence electrons. The molecule has 0 aromatic carbocycles. The van der Waals surface area contributed by atoms with E-state index in [0.717, 1.165) is 36.9 Å². The van der Waals surface area contributed by atoms with Crippen molar-refractivity contribution in [2.45, 2.75) is 39.2 Å². The Balaban J connectivity index is 1.77. The number of H-pyrrole nitrogens is 1. The van der Waals surface area contributed by atoms with Crippen LogP contribution in [0.3, 0.4) is 0 Å². The zero-order chi connectivity index (χ0) is 18.3. The number of pyridine rings is 1. The van der Waals surface area contributed by atoms with E-state index in [1.807, 2.05) is 30.2 Å². The summed E-state index contributed by atoms with van der Waals surface area (Å²) in [4.78, 5) is 40.2. The Morgan fingerprint density at radius 1 is 1.35 bits per heavy atom. The maximum absolute atomic E-state index is 13.3. The van der Waals surface area contributed by atoms with Crippen LogP contribution in [-0.2, 0) is 0 Å². The molecule has 6 nitrogen and oxygen atoms in total. The molecule has 1 amide bonds. The highest BCUT2D eigenvalue weighted by Crippen LogP contribution is 2.35. The van der Waals surface area contributed by atoms with Crippen molar-refractivity contribution in [3.8, 4) is 0 Å². The smallest absolute Gasteiger partial charge is 0.264 e. The lowest BCUT2D eigenvalue weighted by Crippen LogP contribution is -2.38. The summed E-state index contributed by atoms with van der Waals surface area (Å²) in [6.45, 7) is 4.30. The van der Waals surface area contributed by atoms with E-state index in [1.54, 1.807) is 13.1 Å². The number of hydrogen-bond donors (Lipinski definition) is 1. The monoisotopic (exact) mass is 368 g/mol. The highest BCUT2D eigenvalue weighted by atomic mass is 32.1. The summed E-state index contributed by atoms with van der Waals surface area (Å²) >= 11 is 1.31. The predicted octanol–water partition coefficient (Wildman–Crippen LogP) is 3.36. The second-order valence-electron chi connectivity index (χ2n) is 6.68. The molecule has 1 N–H and O–H groups in total. The lowest BCUT2D eigenvalue weighted by Gasteiger charge is -2.35. The van der Waals surface area contributed by atoms with Gasteiger partial charge in [-0.05, 0) is 50.3 Å². The molecule has 4 rings (SSSR count). The summed E-state index contributed by atoms with van der Waals surface area (Å²) in [5.41, 5.74) is 1.60. The molecule has 0 unspecified atom stereocenters. The molecule has 1 atom stereocenters. The van der Waals surface area contributed by atoms with Crippen molar-refractivity contribution in [2.24, 2.45) is 0 Å². The minimum Gasteiger partial charge on any atom is -0.331 e. The number of fused-ring (bicyclic) bond motifs is 1. The molecule has 1 saturated heterocycles. The normalized spacial score (nSPS) is 17.6. The number of thiophene rings is 1. The fraction of sp³-hybridized carbons (Fsp3) is 0.368. The molecule has 3 aromatic rings. The Labute approximate surface area is 154 Å². The summed E-state index contributed by atoms with van der Waals surface area (Å²) < 4.78 is 0. The zero-order valence-electron chi connectivity index (χ0n) is 14.8. The van der Waals surface area contributed by atoms with Gasteiger partial charge in [-0.15, -0.1) is 11.3 Å². The van der Waals surface area contributed by atoms with Crippen LogP contribution in [0.4, 0.5) is 0 Å². The van der Waals surface area contributed by atoms with Gasteiger partial charge in [0.25, 0.3) is 11.5 Å². The number of piperidine rings is 1. The summed E-state index contributed by atoms with van der Waals surface area (Å²) in [5, 5.41) is 0.527. The SMILES string of the molecule is Cc1nc2sc(C(=O)N3CCCC[C@@H]3c3cccnc3)c(C)c2c(=O)[nH]1. The predicted molar refractivity (Wildman–Crippen MR) is 102 cm³/mol. The number of rotatable bonds is 2. The van der Waals surface area contributed by atoms with Crippen molar-refractivity contribution in [1.29, 1.82) is 0 Å². The van der Waals surface area contributed by atoms with Gasteiger partial charge >= 0.3 is 0 Å². The number of aromatic amines is 1. The first kappa shape index (κ1) is 16.9. The molecule has 0 radical (unpaired) electrons. The molecule has 1 fully saturated rings. The minimum absolute atomic E-state index is 0.0175. The lowest BCUT2D eigenvalue weighted by atomic mass is 9.96. The molecule has 26 heavy (non-hydrogen) atoms. The van der Waals surface area contributed by atoms with Gasteiger partial charge in [-0.3, -0.25) is 14.6 Å². The number of carbonyl (C=O) groups excluding carboxylic acids is 1. The minimum atomic E-state index is -0.178. The number of hydrogen-bond acceptors (Lipinski definition) is 5. The van der Waals surface area contributed by atoms with Crippen LogP contribution in [0, 0.1) is 13.8 Å². The lowest BCUT2D eigenvalue weighted by molar-refractivity contribution is 0.0615. The molecular weight excluding hydrogens is 348 g/mol. The van der Waals surface area contributed by atoms with Crippen molar-refractivity contribution in [3.63, 3.8) is 0 Å². The van der Waals surface area contributed by atoms with Gasteiger partial charge < -0.3 is 9.88 Å². The molecule has 0 spiro atoms. The van der Waals surface area contributed by atoms with Crippen LogP contribution in [0.15, 0.2) is 29.3 Å². The Morgan fingerprint density at radius 3 is 2.96 bits per heavy atom. The van der Waals surface area contributed by atoms with Gasteiger partial charge in [0.05, 0.1) is 16.3 Å². The van der Waals surface area contributed by atoms with Crippen LogP contribution in [-0.4, -0.2) is 32.3 Å². The van der Waals surface area contributed by atoms with Gasteiger partial charge in [0.1, 0.15) is 10.7 Å². The highest BCUT2D eigenvalue weighted by molar-refractivity contribution is 7.20. The quantitative estimate of drug-likeness (QED) is 0.752. The second kappa shape index (κ2) is 6.64.